The van der Waals surface area contributed by atoms with Crippen LogP contribution in [0.15, 0.2) is 30.5 Å². The number of rotatable bonds is 6. The highest BCUT2D eigenvalue weighted by Crippen LogP contribution is 2.30. The molecule has 1 N–H and O–H groups in total. The molecule has 1 aliphatic heterocycles. The molecule has 5 rings (SSSR count). The first kappa shape index (κ1) is 20.2. The number of nitrogens with zero attached hydrogens (tertiary/aromatic N) is 4. The molecule has 6 nitrogen and oxygen atoms in total. The largest absolute Gasteiger partial charge is 0.361 e. The molecule has 1 amide bonds. The molecule has 162 valence electrons. The molecule has 1 aromatic carbocycles. The standard InChI is InChI=1S/C25H31N5O/c1-17-20-11-12-24(31)30(14-13-18-15-26-22-10-6-5-9-21(18)22)25(20)28-23(27-17)16-29(2)19-7-3-4-8-19/h5-6,9-10,15,19,26H,3-4,7-8,11-14,16H2,1-2H3. The molecule has 0 bridgehead atoms. The van der Waals surface area contributed by atoms with E-state index >= 15 is 0 Å². The number of H-pyrrole nitrogens is 1. The second-order valence-corrected chi connectivity index (χ2v) is 9.04. The third-order valence-electron chi connectivity index (χ3n) is 7.00. The Morgan fingerprint density at radius 3 is 2.81 bits per heavy atom. The Morgan fingerprint density at radius 2 is 1.97 bits per heavy atom. The molecule has 0 unspecified atom stereocenters. The van der Waals surface area contributed by atoms with Crippen LogP contribution >= 0.6 is 0 Å². The summed E-state index contributed by atoms with van der Waals surface area (Å²) in [4.78, 5) is 30.2. The number of nitrogens with one attached hydrogen (secondary N) is 1. The van der Waals surface area contributed by atoms with Crippen LogP contribution in [-0.2, 0) is 24.2 Å². The first-order chi connectivity index (χ1) is 15.1. The van der Waals surface area contributed by atoms with Gasteiger partial charge in [-0.3, -0.25) is 14.6 Å². The van der Waals surface area contributed by atoms with Crippen LogP contribution in [0.1, 0.15) is 54.7 Å². The van der Waals surface area contributed by atoms with Crippen molar-refractivity contribution >= 4 is 22.6 Å². The maximum absolute atomic E-state index is 12.9. The van der Waals surface area contributed by atoms with Gasteiger partial charge in [-0.1, -0.05) is 31.0 Å². The van der Waals surface area contributed by atoms with Gasteiger partial charge in [0.05, 0.1) is 6.54 Å². The van der Waals surface area contributed by atoms with Crippen LogP contribution in [0.3, 0.4) is 0 Å². The zero-order chi connectivity index (χ0) is 21.4. The van der Waals surface area contributed by atoms with Crippen LogP contribution in [0.5, 0.6) is 0 Å². The van der Waals surface area contributed by atoms with Crippen LogP contribution in [0, 0.1) is 6.92 Å². The normalized spacial score (nSPS) is 17.1. The van der Waals surface area contributed by atoms with Crippen molar-refractivity contribution in [3.63, 3.8) is 0 Å². The van der Waals surface area contributed by atoms with Crippen LogP contribution < -0.4 is 4.90 Å². The second kappa shape index (κ2) is 8.42. The molecule has 0 radical (unpaired) electrons. The Hall–Kier alpha value is -2.73. The van der Waals surface area contributed by atoms with Crippen molar-refractivity contribution in [3.8, 4) is 0 Å². The topological polar surface area (TPSA) is 65.1 Å². The summed E-state index contributed by atoms with van der Waals surface area (Å²) in [7, 11) is 2.17. The molecule has 2 aromatic heterocycles. The van der Waals surface area contributed by atoms with Gasteiger partial charge >= 0.3 is 0 Å². The number of anilines is 1. The van der Waals surface area contributed by atoms with Gasteiger partial charge in [-0.25, -0.2) is 9.97 Å². The predicted molar refractivity (Wildman–Crippen MR) is 123 cm³/mol. The number of hydrogen-bond acceptors (Lipinski definition) is 4. The molecule has 31 heavy (non-hydrogen) atoms. The van der Waals surface area contributed by atoms with Gasteiger partial charge in [0.1, 0.15) is 11.6 Å². The molecule has 1 fully saturated rings. The Kier molecular flexibility index (Phi) is 5.48. The lowest BCUT2D eigenvalue weighted by Gasteiger charge is -2.30. The van der Waals surface area contributed by atoms with E-state index < -0.39 is 0 Å². The van der Waals surface area contributed by atoms with E-state index in [1.165, 1.54) is 36.6 Å². The number of fused-ring (bicyclic) bond motifs is 2. The lowest BCUT2D eigenvalue weighted by atomic mass is 10.0. The van der Waals surface area contributed by atoms with Crippen molar-refractivity contribution < 1.29 is 4.79 Å². The minimum atomic E-state index is 0.167. The van der Waals surface area contributed by atoms with E-state index in [1.54, 1.807) is 0 Å². The molecule has 0 saturated heterocycles. The Bertz CT molecular complexity index is 1100. The van der Waals surface area contributed by atoms with Crippen LogP contribution in [0.25, 0.3) is 10.9 Å². The zero-order valence-corrected chi connectivity index (χ0v) is 18.5. The smallest absolute Gasteiger partial charge is 0.228 e. The fraction of sp³-hybridized carbons (Fsp3) is 0.480. The SMILES string of the molecule is Cc1nc(CN(C)C2CCCC2)nc2c1CCC(=O)N2CCc1c[nH]c2ccccc12. The van der Waals surface area contributed by atoms with Crippen LogP contribution in [0.4, 0.5) is 5.82 Å². The average Bonchev–Trinajstić information content (AvgIpc) is 3.43. The van der Waals surface area contributed by atoms with Crippen molar-refractivity contribution in [2.24, 2.45) is 0 Å². The van der Waals surface area contributed by atoms with Gasteiger partial charge in [0.25, 0.3) is 0 Å². The number of carbonyl (C=O) groups excluding carboxylic acids is 1. The molecule has 2 aliphatic rings. The predicted octanol–water partition coefficient (Wildman–Crippen LogP) is 4.16. The van der Waals surface area contributed by atoms with Gasteiger partial charge < -0.3 is 4.98 Å². The molecular weight excluding hydrogens is 386 g/mol. The van der Waals surface area contributed by atoms with Gasteiger partial charge in [-0.2, -0.15) is 0 Å². The summed E-state index contributed by atoms with van der Waals surface area (Å²) in [5, 5.41) is 1.23. The first-order valence-corrected chi connectivity index (χ1v) is 11.5. The van der Waals surface area contributed by atoms with Gasteiger partial charge in [0.15, 0.2) is 0 Å². The highest BCUT2D eigenvalue weighted by molar-refractivity contribution is 5.95. The Morgan fingerprint density at radius 1 is 1.16 bits per heavy atom. The van der Waals surface area contributed by atoms with Crippen molar-refractivity contribution in [3.05, 3.63) is 53.1 Å². The average molecular weight is 418 g/mol. The van der Waals surface area contributed by atoms with Gasteiger partial charge in [-0.05, 0) is 51.3 Å². The van der Waals surface area contributed by atoms with E-state index in [0.717, 1.165) is 47.8 Å². The summed E-state index contributed by atoms with van der Waals surface area (Å²) in [6.07, 6.45) is 9.28. The molecule has 1 saturated carbocycles. The monoisotopic (exact) mass is 417 g/mol. The number of carbonyl (C=O) groups is 1. The number of aromatic nitrogens is 3. The second-order valence-electron chi connectivity index (χ2n) is 9.04. The minimum absolute atomic E-state index is 0.167. The number of para-hydroxylation sites is 1. The number of aromatic amines is 1. The van der Waals surface area contributed by atoms with E-state index in [2.05, 4.69) is 48.3 Å². The van der Waals surface area contributed by atoms with Crippen molar-refractivity contribution in [1.29, 1.82) is 0 Å². The summed E-state index contributed by atoms with van der Waals surface area (Å²) in [5.74, 6) is 1.83. The minimum Gasteiger partial charge on any atom is -0.361 e. The third kappa shape index (κ3) is 3.97. The fourth-order valence-electron chi connectivity index (χ4n) is 5.21. The summed E-state index contributed by atoms with van der Waals surface area (Å²) in [6.45, 7) is 3.44. The summed E-state index contributed by atoms with van der Waals surface area (Å²) in [6, 6.07) is 8.95. The van der Waals surface area contributed by atoms with Crippen molar-refractivity contribution in [1.82, 2.24) is 19.9 Å². The number of benzene rings is 1. The zero-order valence-electron chi connectivity index (χ0n) is 18.5. The lowest BCUT2D eigenvalue weighted by molar-refractivity contribution is -0.118. The van der Waals surface area contributed by atoms with Crippen molar-refractivity contribution in [2.75, 3.05) is 18.5 Å². The molecule has 6 heteroatoms. The molecule has 1 aliphatic carbocycles. The van der Waals surface area contributed by atoms with Gasteiger partial charge in [-0.15, -0.1) is 0 Å². The molecule has 0 atom stereocenters. The van der Waals surface area contributed by atoms with E-state index in [4.69, 9.17) is 9.97 Å². The summed E-state index contributed by atoms with van der Waals surface area (Å²) < 4.78 is 0. The van der Waals surface area contributed by atoms with Crippen LogP contribution in [0.2, 0.25) is 0 Å². The number of aryl methyl sites for hydroxylation is 1. The number of hydrogen-bond donors (Lipinski definition) is 1. The van der Waals surface area contributed by atoms with Crippen LogP contribution in [-0.4, -0.2) is 45.4 Å². The highest BCUT2D eigenvalue weighted by atomic mass is 16.2. The summed E-state index contributed by atoms with van der Waals surface area (Å²) >= 11 is 0. The molecule has 0 spiro atoms. The maximum Gasteiger partial charge on any atom is 0.228 e. The van der Waals surface area contributed by atoms with Crippen molar-refractivity contribution in [2.45, 2.75) is 64.5 Å². The van der Waals surface area contributed by atoms with E-state index in [9.17, 15) is 4.79 Å². The molecule has 3 heterocycles. The maximum atomic E-state index is 12.9. The Balaban J connectivity index is 1.39. The number of amides is 1. The summed E-state index contributed by atoms with van der Waals surface area (Å²) in [5.41, 5.74) is 4.52. The first-order valence-electron chi connectivity index (χ1n) is 11.5. The highest BCUT2D eigenvalue weighted by Gasteiger charge is 2.29. The van der Waals surface area contributed by atoms with Gasteiger partial charge in [0.2, 0.25) is 5.91 Å². The van der Waals surface area contributed by atoms with Gasteiger partial charge in [0, 0.05) is 47.4 Å². The Labute approximate surface area is 183 Å². The molecule has 3 aromatic rings. The van der Waals surface area contributed by atoms with E-state index in [0.29, 0.717) is 19.0 Å². The van der Waals surface area contributed by atoms with E-state index in [-0.39, 0.29) is 5.91 Å². The molecular formula is C25H31N5O. The lowest BCUT2D eigenvalue weighted by Crippen LogP contribution is -2.38. The quantitative estimate of drug-likeness (QED) is 0.654. The third-order valence-corrected chi connectivity index (χ3v) is 7.00. The fourth-order valence-corrected chi connectivity index (χ4v) is 5.21. The van der Waals surface area contributed by atoms with E-state index in [1.807, 2.05) is 11.0 Å².